The molecule has 114 valence electrons. The molecule has 1 nitrogen and oxygen atoms in total. The molecule has 0 atom stereocenters. The Hall–Kier alpha value is -1.41. The molecule has 0 aliphatic heterocycles. The second kappa shape index (κ2) is 9.51. The molecular weight excluding hydrogens is 368 g/mol. The zero-order valence-electron chi connectivity index (χ0n) is 11.4. The molecule has 0 fully saturated rings. The van der Waals surface area contributed by atoms with Crippen LogP contribution in [0.4, 0.5) is 0 Å². The van der Waals surface area contributed by atoms with Gasteiger partial charge in [-0.25, -0.2) is 12.1 Å². The first-order chi connectivity index (χ1) is 9.77. The monoisotopic (exact) mass is 382 g/mol. The van der Waals surface area contributed by atoms with Crippen molar-refractivity contribution in [1.29, 1.82) is 0 Å². The van der Waals surface area contributed by atoms with Gasteiger partial charge in [0.15, 0.2) is 5.78 Å². The fraction of sp³-hybridized carbons (Fsp3) is 0.0556. The van der Waals surface area contributed by atoms with E-state index in [4.69, 9.17) is 0 Å². The number of Topliss-reactive ketones (excluding diaryl/α,β-unsaturated/α-hetero) is 1. The van der Waals surface area contributed by atoms with Gasteiger partial charge in [0, 0.05) is 27.1 Å². The van der Waals surface area contributed by atoms with Crippen LogP contribution < -0.4 is 0 Å². The van der Waals surface area contributed by atoms with Crippen molar-refractivity contribution < 1.29 is 21.9 Å². The molecule has 3 rings (SSSR count). The molecule has 0 aromatic heterocycles. The molecule has 0 radical (unpaired) electrons. The van der Waals surface area contributed by atoms with Gasteiger partial charge in [-0.15, -0.1) is 5.56 Å². The molecule has 0 saturated carbocycles. The van der Waals surface area contributed by atoms with Gasteiger partial charge in [0.1, 0.15) is 0 Å². The minimum atomic E-state index is 0. The van der Waals surface area contributed by atoms with Crippen LogP contribution in [-0.4, -0.2) is 5.78 Å². The summed E-state index contributed by atoms with van der Waals surface area (Å²) in [4.78, 5) is 11.9. The Morgan fingerprint density at radius 2 is 1.48 bits per heavy atom. The van der Waals surface area contributed by atoms with Crippen LogP contribution in [0.15, 0.2) is 83.3 Å². The Kier molecular flexibility index (Phi) is 7.99. The van der Waals surface area contributed by atoms with Crippen molar-refractivity contribution in [3.05, 3.63) is 94.5 Å². The van der Waals surface area contributed by atoms with Crippen molar-refractivity contribution in [3.63, 3.8) is 0 Å². The molecule has 0 saturated heterocycles. The maximum Gasteiger partial charge on any atom is 0.156 e. The van der Waals surface area contributed by atoms with E-state index in [2.05, 4.69) is 15.9 Å². The van der Waals surface area contributed by atoms with Crippen LogP contribution >= 0.6 is 15.9 Å². The van der Waals surface area contributed by atoms with E-state index in [-0.39, 0.29) is 22.9 Å². The van der Waals surface area contributed by atoms with Gasteiger partial charge in [0.25, 0.3) is 0 Å². The van der Waals surface area contributed by atoms with Crippen LogP contribution in [0.25, 0.3) is 0 Å². The number of hydrogen-bond donors (Lipinski definition) is 0. The van der Waals surface area contributed by atoms with E-state index in [0.717, 1.165) is 15.6 Å². The van der Waals surface area contributed by atoms with E-state index in [1.807, 2.05) is 78.9 Å². The predicted molar refractivity (Wildman–Crippen MR) is 86.2 cm³/mol. The van der Waals surface area contributed by atoms with Crippen LogP contribution in [0.1, 0.15) is 15.9 Å². The molecule has 0 aliphatic carbocycles. The van der Waals surface area contributed by atoms with Crippen LogP contribution in [0.2, 0.25) is 0 Å². The Balaban J connectivity index is 0.000000313. The number of carbonyl (C=O) groups is 1. The van der Waals surface area contributed by atoms with Gasteiger partial charge in [0.05, 0.1) is 0 Å². The average Bonchev–Trinajstić information content (AvgIpc) is 3.15. The van der Waals surface area contributed by atoms with E-state index < -0.39 is 0 Å². The molecule has 0 aliphatic rings. The molecule has 0 bridgehead atoms. The van der Waals surface area contributed by atoms with Crippen LogP contribution in [0.5, 0.6) is 0 Å². The maximum atomic E-state index is 11.9. The second-order valence-electron chi connectivity index (χ2n) is 4.34. The van der Waals surface area contributed by atoms with E-state index in [1.165, 1.54) is 0 Å². The second-order valence-corrected chi connectivity index (χ2v) is 5.19. The number of ketones is 1. The first-order valence-corrected chi connectivity index (χ1v) is 7.21. The first kappa shape index (κ1) is 17.6. The third kappa shape index (κ3) is 5.84. The summed E-state index contributed by atoms with van der Waals surface area (Å²) < 4.78 is 0.863. The minimum Gasteiger partial charge on any atom is -0.748 e. The zero-order valence-corrected chi connectivity index (χ0v) is 14.0. The van der Waals surface area contributed by atoms with E-state index in [0.29, 0.717) is 6.42 Å². The Morgan fingerprint density at radius 3 is 2.00 bits per heavy atom. The normalized spacial score (nSPS) is 9.19. The summed E-state index contributed by atoms with van der Waals surface area (Å²) in [5, 5.41) is 0. The molecule has 3 heteroatoms. The van der Waals surface area contributed by atoms with Gasteiger partial charge < -0.3 is 30.3 Å². The summed E-state index contributed by atoms with van der Waals surface area (Å²) in [6, 6.07) is 25.3. The summed E-state index contributed by atoms with van der Waals surface area (Å²) in [6.07, 6.45) is 0.468. The summed E-state index contributed by atoms with van der Waals surface area (Å²) >= 11 is 3.38. The number of hydrogen-bond acceptors (Lipinski definition) is 1. The van der Waals surface area contributed by atoms with Gasteiger partial charge in [-0.3, -0.25) is 4.79 Å². The van der Waals surface area contributed by atoms with Crippen molar-refractivity contribution in [3.8, 4) is 0 Å². The molecule has 0 spiro atoms. The standard InChI is InChI=1S/C13H10BrO.C5H5.Fe/c14-12-8-4-3-7-11(12)13(15)9-10-5-1-2-6-10;1-2-4-5-3-1;/h1-8H,9H2;1-5H;/q-1;-5;. The summed E-state index contributed by atoms with van der Waals surface area (Å²) in [7, 11) is 0. The molecule has 21 heavy (non-hydrogen) atoms. The Labute approximate surface area is 144 Å². The smallest absolute Gasteiger partial charge is 0.156 e. The number of rotatable bonds is 3. The van der Waals surface area contributed by atoms with Gasteiger partial charge in [-0.1, -0.05) is 34.1 Å². The molecular formula is C18H15BrFeO-6. The third-order valence-corrected chi connectivity index (χ3v) is 3.52. The van der Waals surface area contributed by atoms with Gasteiger partial charge in [0.2, 0.25) is 0 Å². The van der Waals surface area contributed by atoms with E-state index >= 15 is 0 Å². The van der Waals surface area contributed by atoms with Crippen LogP contribution in [0, 0.1) is 0 Å². The predicted octanol–water partition coefficient (Wildman–Crippen LogP) is 5.00. The quantitative estimate of drug-likeness (QED) is 0.354. The largest absolute Gasteiger partial charge is 0.748 e. The molecule has 0 amide bonds. The number of carbonyl (C=O) groups excluding carboxylic acids is 1. The summed E-state index contributed by atoms with van der Waals surface area (Å²) in [5.74, 6) is 0.147. The van der Waals surface area contributed by atoms with Crippen molar-refractivity contribution in [2.45, 2.75) is 6.42 Å². The molecule has 3 aromatic carbocycles. The Bertz CT molecular complexity index is 610. The molecule has 0 unspecified atom stereocenters. The SMILES string of the molecule is O=C(C[c-]1cccc1)c1ccccc1Br.[Fe].[cH-]1[cH-][cH-][cH-][cH-]1. The third-order valence-electron chi connectivity index (χ3n) is 2.83. The van der Waals surface area contributed by atoms with E-state index in [1.54, 1.807) is 0 Å². The summed E-state index contributed by atoms with van der Waals surface area (Å²) in [6.45, 7) is 0. The minimum absolute atomic E-state index is 0. The zero-order chi connectivity index (χ0) is 14.2. The number of benzene rings is 1. The molecule has 3 aromatic rings. The van der Waals surface area contributed by atoms with Gasteiger partial charge in [-0.2, -0.15) is 12.1 Å². The number of halogens is 1. The maximum absolute atomic E-state index is 11.9. The van der Waals surface area contributed by atoms with Crippen molar-refractivity contribution in [2.75, 3.05) is 0 Å². The van der Waals surface area contributed by atoms with Crippen molar-refractivity contribution >= 4 is 21.7 Å². The fourth-order valence-electron chi connectivity index (χ4n) is 1.82. The molecule has 0 N–H and O–H groups in total. The van der Waals surface area contributed by atoms with Crippen LogP contribution in [0.3, 0.4) is 0 Å². The Morgan fingerprint density at radius 1 is 0.952 bits per heavy atom. The van der Waals surface area contributed by atoms with Crippen molar-refractivity contribution in [2.24, 2.45) is 0 Å². The summed E-state index contributed by atoms with van der Waals surface area (Å²) in [5.41, 5.74) is 1.81. The van der Waals surface area contributed by atoms with E-state index in [9.17, 15) is 4.79 Å². The van der Waals surface area contributed by atoms with Crippen LogP contribution in [-0.2, 0) is 23.5 Å². The van der Waals surface area contributed by atoms with Crippen molar-refractivity contribution in [1.82, 2.24) is 0 Å². The molecule has 0 heterocycles. The topological polar surface area (TPSA) is 17.1 Å². The van der Waals surface area contributed by atoms with Gasteiger partial charge >= 0.3 is 0 Å². The fourth-order valence-corrected chi connectivity index (χ4v) is 2.33. The average molecular weight is 383 g/mol. The van der Waals surface area contributed by atoms with Gasteiger partial charge in [-0.05, 0) is 12.5 Å². The first-order valence-electron chi connectivity index (χ1n) is 6.42.